The van der Waals surface area contributed by atoms with Gasteiger partial charge in [0.1, 0.15) is 11.6 Å². The molecule has 0 aliphatic heterocycles. The Morgan fingerprint density at radius 1 is 0.558 bits per heavy atom. The molecular formula is C48H47N3O. The first-order valence-corrected chi connectivity index (χ1v) is 18.1. The van der Waals surface area contributed by atoms with Crippen molar-refractivity contribution in [2.45, 2.75) is 64.7 Å². The van der Waals surface area contributed by atoms with E-state index in [0.717, 1.165) is 61.7 Å². The Bertz CT molecular complexity index is 2220. The van der Waals surface area contributed by atoms with Crippen LogP contribution in [0.2, 0.25) is 0 Å². The van der Waals surface area contributed by atoms with E-state index in [-0.39, 0.29) is 16.6 Å². The topological polar surface area (TPSA) is 50.9 Å². The van der Waals surface area contributed by atoms with Crippen LogP contribution >= 0.6 is 0 Å². The fraction of sp³-hybridized carbons (Fsp3) is 0.208. The molecule has 0 fully saturated rings. The molecule has 4 heteroatoms. The molecule has 0 spiro atoms. The van der Waals surface area contributed by atoms with Crippen molar-refractivity contribution in [2.75, 3.05) is 0 Å². The van der Waals surface area contributed by atoms with Gasteiger partial charge in [-0.15, -0.1) is 0 Å². The fourth-order valence-corrected chi connectivity index (χ4v) is 7.46. The molecule has 5 aromatic carbocycles. The lowest BCUT2D eigenvalue weighted by atomic mass is 9.66. The Hall–Kier alpha value is -5.74. The van der Waals surface area contributed by atoms with Crippen molar-refractivity contribution in [1.82, 2.24) is 14.5 Å². The number of imidazole rings is 1. The maximum atomic E-state index is 12.1. The van der Waals surface area contributed by atoms with Gasteiger partial charge in [-0.05, 0) is 76.4 Å². The zero-order chi connectivity index (χ0) is 36.7. The molecule has 0 atom stereocenters. The zero-order valence-corrected chi connectivity index (χ0v) is 31.2. The van der Waals surface area contributed by atoms with Gasteiger partial charge in [-0.3, -0.25) is 9.55 Å². The average molecular weight is 682 g/mol. The standard InChI is InChI=1S/C48H47N3O/c1-33-43(50-45(51(33)39-26-15-10-16-27-39)40-31-38(46(2,3)4)32-41(44(40)52)47(5,6)7)34-20-19-25-37(30-34)48(35-21-11-8-12-22-35,36-23-13-9-14-24-36)42-28-17-18-29-49-42/h8-32,52H,1-7H3. The SMILES string of the molecule is Cc1c(-c2cccc(C(c3ccccc3)(c3ccccc3)c3ccccn3)c2)nc(-c2cc(C(C)(C)C)cc(C(C)(C)C)c2O)n1-c1ccccc1. The highest BCUT2D eigenvalue weighted by Crippen LogP contribution is 2.47. The van der Waals surface area contributed by atoms with E-state index >= 15 is 0 Å². The maximum absolute atomic E-state index is 12.1. The molecule has 0 amide bonds. The molecule has 7 aromatic rings. The number of aromatic nitrogens is 3. The van der Waals surface area contributed by atoms with E-state index in [1.54, 1.807) is 0 Å². The van der Waals surface area contributed by atoms with Crippen LogP contribution in [0.25, 0.3) is 28.3 Å². The summed E-state index contributed by atoms with van der Waals surface area (Å²) < 4.78 is 2.19. The Morgan fingerprint density at radius 3 is 1.69 bits per heavy atom. The summed E-state index contributed by atoms with van der Waals surface area (Å²) in [5.41, 5.74) is 9.77. The number of phenols is 1. The molecular weight excluding hydrogens is 635 g/mol. The van der Waals surface area contributed by atoms with Crippen LogP contribution in [0.5, 0.6) is 5.75 Å². The minimum absolute atomic E-state index is 0.136. The molecule has 0 saturated carbocycles. The molecule has 52 heavy (non-hydrogen) atoms. The normalized spacial score (nSPS) is 12.2. The van der Waals surface area contributed by atoms with E-state index in [1.807, 2.05) is 30.5 Å². The van der Waals surface area contributed by atoms with Crippen LogP contribution in [0.1, 0.15) is 80.7 Å². The number of hydrogen-bond acceptors (Lipinski definition) is 3. The van der Waals surface area contributed by atoms with Gasteiger partial charge >= 0.3 is 0 Å². The third-order valence-electron chi connectivity index (χ3n) is 10.2. The van der Waals surface area contributed by atoms with Crippen molar-refractivity contribution >= 4 is 0 Å². The molecule has 2 aromatic heterocycles. The number of phenolic OH excluding ortho intramolecular Hbond substituents is 1. The monoisotopic (exact) mass is 681 g/mol. The van der Waals surface area contributed by atoms with Crippen LogP contribution < -0.4 is 0 Å². The highest BCUT2D eigenvalue weighted by Gasteiger charge is 2.40. The molecule has 0 aliphatic carbocycles. The zero-order valence-electron chi connectivity index (χ0n) is 31.2. The number of para-hydroxylation sites is 1. The van der Waals surface area contributed by atoms with E-state index in [9.17, 15) is 5.11 Å². The lowest BCUT2D eigenvalue weighted by Gasteiger charge is -2.35. The molecule has 0 aliphatic rings. The number of benzene rings is 5. The first-order chi connectivity index (χ1) is 24.9. The number of rotatable bonds is 7. The van der Waals surface area contributed by atoms with E-state index in [2.05, 4.69) is 174 Å². The highest BCUT2D eigenvalue weighted by atomic mass is 16.3. The van der Waals surface area contributed by atoms with Gasteiger partial charge < -0.3 is 5.11 Å². The number of pyridine rings is 1. The summed E-state index contributed by atoms with van der Waals surface area (Å²) >= 11 is 0. The van der Waals surface area contributed by atoms with Crippen LogP contribution in [0.15, 0.2) is 152 Å². The van der Waals surface area contributed by atoms with Crippen molar-refractivity contribution in [3.8, 4) is 34.1 Å². The summed E-state index contributed by atoms with van der Waals surface area (Å²) in [6.07, 6.45) is 1.88. The van der Waals surface area contributed by atoms with Gasteiger partial charge in [0, 0.05) is 28.7 Å². The summed E-state index contributed by atoms with van der Waals surface area (Å²) in [7, 11) is 0. The van der Waals surface area contributed by atoms with Crippen LogP contribution in [0, 0.1) is 6.92 Å². The molecule has 1 N–H and O–H groups in total. The van der Waals surface area contributed by atoms with Gasteiger partial charge in [0.25, 0.3) is 0 Å². The smallest absolute Gasteiger partial charge is 0.149 e. The van der Waals surface area contributed by atoms with Gasteiger partial charge in [-0.25, -0.2) is 4.98 Å². The van der Waals surface area contributed by atoms with Crippen LogP contribution in [-0.4, -0.2) is 19.6 Å². The molecule has 260 valence electrons. The average Bonchev–Trinajstić information content (AvgIpc) is 3.49. The molecule has 4 nitrogen and oxygen atoms in total. The lowest BCUT2D eigenvalue weighted by Crippen LogP contribution is -2.32. The second kappa shape index (κ2) is 13.4. The second-order valence-electron chi connectivity index (χ2n) is 15.7. The van der Waals surface area contributed by atoms with Gasteiger partial charge in [0.15, 0.2) is 0 Å². The third kappa shape index (κ3) is 6.13. The van der Waals surface area contributed by atoms with Crippen molar-refractivity contribution in [1.29, 1.82) is 0 Å². The molecule has 0 saturated heterocycles. The largest absolute Gasteiger partial charge is 0.507 e. The molecule has 0 radical (unpaired) electrons. The van der Waals surface area contributed by atoms with Crippen molar-refractivity contribution in [3.05, 3.63) is 191 Å². The summed E-state index contributed by atoms with van der Waals surface area (Å²) in [6, 6.07) is 50.8. The summed E-state index contributed by atoms with van der Waals surface area (Å²) in [4.78, 5) is 10.5. The van der Waals surface area contributed by atoms with E-state index in [1.165, 1.54) is 0 Å². The summed E-state index contributed by atoms with van der Waals surface area (Å²) in [5, 5.41) is 12.1. The van der Waals surface area contributed by atoms with Gasteiger partial charge in [0.05, 0.1) is 22.4 Å². The van der Waals surface area contributed by atoms with E-state index in [0.29, 0.717) is 5.82 Å². The van der Waals surface area contributed by atoms with E-state index < -0.39 is 5.41 Å². The second-order valence-corrected chi connectivity index (χ2v) is 15.7. The lowest BCUT2D eigenvalue weighted by molar-refractivity contribution is 0.446. The Labute approximate surface area is 308 Å². The number of nitrogens with zero attached hydrogens (tertiary/aromatic N) is 3. The number of hydrogen-bond donors (Lipinski definition) is 1. The minimum Gasteiger partial charge on any atom is -0.507 e. The Kier molecular flexibility index (Phi) is 8.96. The minimum atomic E-state index is -0.695. The van der Waals surface area contributed by atoms with Crippen molar-refractivity contribution in [2.24, 2.45) is 0 Å². The van der Waals surface area contributed by atoms with Crippen LogP contribution in [0.3, 0.4) is 0 Å². The highest BCUT2D eigenvalue weighted by molar-refractivity contribution is 5.76. The Morgan fingerprint density at radius 2 is 1.13 bits per heavy atom. The predicted octanol–water partition coefficient (Wildman–Crippen LogP) is 11.6. The van der Waals surface area contributed by atoms with Crippen LogP contribution in [0.4, 0.5) is 0 Å². The Balaban J connectivity index is 1.53. The maximum Gasteiger partial charge on any atom is 0.149 e. The quantitative estimate of drug-likeness (QED) is 0.170. The number of aromatic hydroxyl groups is 1. The first-order valence-electron chi connectivity index (χ1n) is 18.1. The molecule has 2 heterocycles. The van der Waals surface area contributed by atoms with Gasteiger partial charge in [0.2, 0.25) is 0 Å². The van der Waals surface area contributed by atoms with Gasteiger partial charge in [-0.1, -0.05) is 151 Å². The van der Waals surface area contributed by atoms with E-state index in [4.69, 9.17) is 9.97 Å². The third-order valence-corrected chi connectivity index (χ3v) is 10.2. The summed E-state index contributed by atoms with van der Waals surface area (Å²) in [6.45, 7) is 15.2. The predicted molar refractivity (Wildman–Crippen MR) is 214 cm³/mol. The van der Waals surface area contributed by atoms with Crippen molar-refractivity contribution in [3.63, 3.8) is 0 Å². The summed E-state index contributed by atoms with van der Waals surface area (Å²) in [5.74, 6) is 0.977. The molecule has 7 rings (SSSR count). The fourth-order valence-electron chi connectivity index (χ4n) is 7.46. The van der Waals surface area contributed by atoms with Crippen molar-refractivity contribution < 1.29 is 5.11 Å². The van der Waals surface area contributed by atoms with Crippen LogP contribution in [-0.2, 0) is 16.2 Å². The molecule has 0 unspecified atom stereocenters. The molecule has 0 bridgehead atoms. The van der Waals surface area contributed by atoms with Gasteiger partial charge in [-0.2, -0.15) is 0 Å². The first kappa shape index (κ1) is 34.7.